The predicted molar refractivity (Wildman–Crippen MR) is 154 cm³/mol. The fourth-order valence-corrected chi connectivity index (χ4v) is 5.12. The second kappa shape index (κ2) is 12.7. The van der Waals surface area contributed by atoms with E-state index in [2.05, 4.69) is 6.07 Å². The lowest BCUT2D eigenvalue weighted by atomic mass is 9.92. The van der Waals surface area contributed by atoms with Crippen molar-refractivity contribution in [3.8, 4) is 34.5 Å². The van der Waals surface area contributed by atoms with E-state index in [0.717, 1.165) is 33.6 Å². The van der Waals surface area contributed by atoms with Gasteiger partial charge in [-0.25, -0.2) is 0 Å². The third kappa shape index (κ3) is 6.11. The van der Waals surface area contributed by atoms with Gasteiger partial charge in [0.1, 0.15) is 12.4 Å². The van der Waals surface area contributed by atoms with E-state index in [1.807, 2.05) is 43.0 Å². The average Bonchev–Trinajstić information content (AvgIpc) is 2.96. The Labute approximate surface area is 236 Å². The minimum absolute atomic E-state index is 0.136. The molecule has 0 radical (unpaired) electrons. The molecule has 0 aliphatic carbocycles. The van der Waals surface area contributed by atoms with Gasteiger partial charge in [-0.05, 0) is 90.6 Å². The Morgan fingerprint density at radius 3 is 1.98 bits per heavy atom. The molecular weight excluding hydrogens is 510 g/mol. The Balaban J connectivity index is 1.67. The zero-order valence-corrected chi connectivity index (χ0v) is 24.2. The van der Waals surface area contributed by atoms with E-state index in [0.29, 0.717) is 41.7 Å². The standard InChI is InChI=1S/C32H37NO7/c1-20-12-21(2)14-24(13-20)40-19-26-25-18-28(36-4)27(35-3)17-23(25)10-11-33(26)31(34)9-8-22-15-29(37-5)32(39-7)30(16-22)38-6/h8-9,12-18,26H,10-11,19H2,1-7H3/b9-8+/t26-/m1/s1. The van der Waals surface area contributed by atoms with Crippen LogP contribution in [0.3, 0.4) is 0 Å². The van der Waals surface area contributed by atoms with Crippen molar-refractivity contribution in [1.29, 1.82) is 0 Å². The van der Waals surface area contributed by atoms with Crippen LogP contribution in [0.2, 0.25) is 0 Å². The monoisotopic (exact) mass is 547 g/mol. The van der Waals surface area contributed by atoms with Gasteiger partial charge in [-0.15, -0.1) is 0 Å². The lowest BCUT2D eigenvalue weighted by Crippen LogP contribution is -2.41. The molecule has 3 aromatic carbocycles. The Bertz CT molecular complexity index is 1350. The van der Waals surface area contributed by atoms with Gasteiger partial charge in [0, 0.05) is 12.6 Å². The van der Waals surface area contributed by atoms with E-state index in [9.17, 15) is 4.79 Å². The van der Waals surface area contributed by atoms with Crippen molar-refractivity contribution >= 4 is 12.0 Å². The maximum atomic E-state index is 13.7. The number of rotatable bonds is 10. The van der Waals surface area contributed by atoms with Gasteiger partial charge in [0.25, 0.3) is 0 Å². The van der Waals surface area contributed by atoms with Crippen LogP contribution >= 0.6 is 0 Å². The molecule has 4 rings (SSSR count). The smallest absolute Gasteiger partial charge is 0.247 e. The molecule has 0 saturated heterocycles. The summed E-state index contributed by atoms with van der Waals surface area (Å²) in [7, 11) is 7.91. The number of carbonyl (C=O) groups excluding carboxylic acids is 1. The Kier molecular flexibility index (Phi) is 9.09. The first-order valence-corrected chi connectivity index (χ1v) is 13.1. The zero-order valence-electron chi connectivity index (χ0n) is 24.2. The van der Waals surface area contributed by atoms with Gasteiger partial charge in [0.05, 0.1) is 41.6 Å². The van der Waals surface area contributed by atoms with Gasteiger partial charge >= 0.3 is 0 Å². The molecule has 1 heterocycles. The number of hydrogen-bond donors (Lipinski definition) is 0. The zero-order chi connectivity index (χ0) is 28.8. The van der Waals surface area contributed by atoms with E-state index in [4.69, 9.17) is 28.4 Å². The number of carbonyl (C=O) groups is 1. The number of ether oxygens (including phenoxy) is 6. The molecule has 8 nitrogen and oxygen atoms in total. The summed E-state index contributed by atoms with van der Waals surface area (Å²) in [6, 6.07) is 13.3. The molecule has 1 aliphatic rings. The van der Waals surface area contributed by atoms with Crippen molar-refractivity contribution in [1.82, 2.24) is 4.90 Å². The summed E-state index contributed by atoms with van der Waals surface area (Å²) in [5.41, 5.74) is 5.06. The van der Waals surface area contributed by atoms with Crippen molar-refractivity contribution in [2.75, 3.05) is 48.7 Å². The maximum Gasteiger partial charge on any atom is 0.247 e. The van der Waals surface area contributed by atoms with E-state index in [1.165, 1.54) is 0 Å². The lowest BCUT2D eigenvalue weighted by Gasteiger charge is -2.37. The highest BCUT2D eigenvalue weighted by Gasteiger charge is 2.32. The number of aryl methyl sites for hydroxylation is 2. The molecule has 0 fully saturated rings. The topological polar surface area (TPSA) is 75.7 Å². The Morgan fingerprint density at radius 1 is 0.800 bits per heavy atom. The molecule has 1 aliphatic heterocycles. The van der Waals surface area contributed by atoms with Gasteiger partial charge in [-0.3, -0.25) is 4.79 Å². The molecule has 0 N–H and O–H groups in total. The van der Waals surface area contributed by atoms with Crippen LogP contribution in [0.25, 0.3) is 6.08 Å². The quantitative estimate of drug-likeness (QED) is 0.308. The predicted octanol–water partition coefficient (Wildman–Crippen LogP) is 5.56. The summed E-state index contributed by atoms with van der Waals surface area (Å²) in [4.78, 5) is 15.5. The third-order valence-corrected chi connectivity index (χ3v) is 6.99. The van der Waals surface area contributed by atoms with Crippen molar-refractivity contribution in [2.24, 2.45) is 0 Å². The van der Waals surface area contributed by atoms with Crippen molar-refractivity contribution in [3.63, 3.8) is 0 Å². The first kappa shape index (κ1) is 28.7. The minimum Gasteiger partial charge on any atom is -0.493 e. The van der Waals surface area contributed by atoms with Crippen LogP contribution in [0.4, 0.5) is 0 Å². The third-order valence-electron chi connectivity index (χ3n) is 6.99. The minimum atomic E-state index is -0.332. The van der Waals surface area contributed by atoms with Crippen molar-refractivity contribution in [3.05, 3.63) is 76.4 Å². The molecule has 0 bridgehead atoms. The largest absolute Gasteiger partial charge is 0.493 e. The number of nitrogens with zero attached hydrogens (tertiary/aromatic N) is 1. The first-order chi connectivity index (χ1) is 19.3. The van der Waals surface area contributed by atoms with Crippen LogP contribution in [0, 0.1) is 13.8 Å². The van der Waals surface area contributed by atoms with Gasteiger partial charge in [-0.2, -0.15) is 0 Å². The van der Waals surface area contributed by atoms with Crippen molar-refractivity contribution < 1.29 is 33.2 Å². The van der Waals surface area contributed by atoms with Crippen LogP contribution < -0.4 is 28.4 Å². The molecular formula is C32H37NO7. The molecule has 212 valence electrons. The van der Waals surface area contributed by atoms with Gasteiger partial charge < -0.3 is 33.3 Å². The molecule has 1 amide bonds. The average molecular weight is 548 g/mol. The lowest BCUT2D eigenvalue weighted by molar-refractivity contribution is -0.129. The van der Waals surface area contributed by atoms with E-state index in [1.54, 1.807) is 59.8 Å². The number of benzene rings is 3. The molecule has 1 atom stereocenters. The fourth-order valence-electron chi connectivity index (χ4n) is 5.12. The second-order valence-corrected chi connectivity index (χ2v) is 9.63. The molecule has 0 aromatic heterocycles. The SMILES string of the molecule is COc1cc2c(cc1OC)[C@@H](COc1cc(C)cc(C)c1)N(C(=O)/C=C/c1cc(OC)c(OC)c(OC)c1)CC2. The van der Waals surface area contributed by atoms with Crippen LogP contribution in [0.15, 0.2) is 48.5 Å². The number of hydrogen-bond acceptors (Lipinski definition) is 7. The molecule has 0 saturated carbocycles. The number of methoxy groups -OCH3 is 5. The van der Waals surface area contributed by atoms with Crippen LogP contribution in [-0.2, 0) is 11.2 Å². The van der Waals surface area contributed by atoms with E-state index >= 15 is 0 Å². The van der Waals surface area contributed by atoms with Gasteiger partial charge in [0.2, 0.25) is 11.7 Å². The summed E-state index contributed by atoms with van der Waals surface area (Å²) in [5.74, 6) is 3.43. The summed E-state index contributed by atoms with van der Waals surface area (Å²) in [6.45, 7) is 4.89. The highest BCUT2D eigenvalue weighted by molar-refractivity contribution is 5.92. The molecule has 0 unspecified atom stereocenters. The van der Waals surface area contributed by atoms with Crippen molar-refractivity contribution in [2.45, 2.75) is 26.3 Å². The Morgan fingerprint density at radius 2 is 1.40 bits per heavy atom. The highest BCUT2D eigenvalue weighted by Crippen LogP contribution is 2.40. The second-order valence-electron chi connectivity index (χ2n) is 9.63. The number of amides is 1. The van der Waals surface area contributed by atoms with Gasteiger partial charge in [-0.1, -0.05) is 6.07 Å². The molecule has 40 heavy (non-hydrogen) atoms. The van der Waals surface area contributed by atoms with Gasteiger partial charge in [0.15, 0.2) is 23.0 Å². The summed E-state index contributed by atoms with van der Waals surface area (Å²) in [5, 5.41) is 0. The Hall–Kier alpha value is -4.33. The normalized spacial score (nSPS) is 14.5. The van der Waals surface area contributed by atoms with E-state index < -0.39 is 0 Å². The highest BCUT2D eigenvalue weighted by atomic mass is 16.5. The van der Waals surface area contributed by atoms with E-state index in [-0.39, 0.29) is 18.6 Å². The number of fused-ring (bicyclic) bond motifs is 1. The van der Waals surface area contributed by atoms with Crippen LogP contribution in [-0.4, -0.2) is 59.5 Å². The summed E-state index contributed by atoms with van der Waals surface area (Å²) in [6.07, 6.45) is 3.99. The maximum absolute atomic E-state index is 13.7. The summed E-state index contributed by atoms with van der Waals surface area (Å²) < 4.78 is 33.7. The molecule has 0 spiro atoms. The first-order valence-electron chi connectivity index (χ1n) is 13.1. The molecule has 3 aromatic rings. The van der Waals surface area contributed by atoms with Crippen LogP contribution in [0.5, 0.6) is 34.5 Å². The summed E-state index contributed by atoms with van der Waals surface area (Å²) >= 11 is 0. The van der Waals surface area contributed by atoms with Crippen LogP contribution in [0.1, 0.15) is 33.9 Å². The molecule has 8 heteroatoms. The fraction of sp³-hybridized carbons (Fsp3) is 0.344.